The molecule has 0 atom stereocenters. The average Bonchev–Trinajstić information content (AvgIpc) is 2.99. The fourth-order valence-electron chi connectivity index (χ4n) is 2.33. The molecule has 28 heavy (non-hydrogen) atoms. The summed E-state index contributed by atoms with van der Waals surface area (Å²) in [6.45, 7) is -0.437. The highest BCUT2D eigenvalue weighted by Gasteiger charge is 2.24. The molecule has 1 aliphatic rings. The van der Waals surface area contributed by atoms with Crippen LogP contribution in [-0.2, 0) is 9.59 Å². The molecule has 1 saturated heterocycles. The van der Waals surface area contributed by atoms with E-state index in [-0.39, 0.29) is 5.91 Å². The van der Waals surface area contributed by atoms with Crippen LogP contribution in [0.25, 0.3) is 6.08 Å². The molecule has 0 aliphatic carbocycles. The molecule has 2 N–H and O–H groups in total. The van der Waals surface area contributed by atoms with Gasteiger partial charge in [-0.05, 0) is 53.7 Å². The average molecular weight is 419 g/mol. The summed E-state index contributed by atoms with van der Waals surface area (Å²) < 4.78 is 10.4. The first kappa shape index (κ1) is 19.8. The lowest BCUT2D eigenvalue weighted by atomic mass is 10.2. The largest absolute Gasteiger partial charge is 0.494 e. The first-order valence-corrected chi connectivity index (χ1v) is 9.22. The number of nitrogens with zero attached hydrogens (tertiary/aromatic N) is 1. The Hall–Kier alpha value is -2.97. The number of thioether (sulfide) groups is 1. The fourth-order valence-corrected chi connectivity index (χ4v) is 3.33. The number of benzene rings is 2. The van der Waals surface area contributed by atoms with Crippen molar-refractivity contribution in [1.29, 1.82) is 0 Å². The second-order valence-electron chi connectivity index (χ2n) is 5.55. The minimum Gasteiger partial charge on any atom is -0.494 e. The van der Waals surface area contributed by atoms with Crippen molar-refractivity contribution >= 4 is 52.2 Å². The van der Waals surface area contributed by atoms with Crippen LogP contribution in [-0.4, -0.2) is 35.9 Å². The molecule has 2 aromatic rings. The number of carbonyl (C=O) groups excluding carboxylic acids is 1. The Kier molecular flexibility index (Phi) is 6.23. The van der Waals surface area contributed by atoms with Gasteiger partial charge in [-0.15, -0.1) is 0 Å². The van der Waals surface area contributed by atoms with Crippen molar-refractivity contribution in [2.75, 3.05) is 13.7 Å². The number of amides is 1. The third kappa shape index (κ3) is 5.05. The lowest BCUT2D eigenvalue weighted by Gasteiger charge is -2.05. The maximum atomic E-state index is 12.3. The maximum Gasteiger partial charge on any atom is 0.341 e. The van der Waals surface area contributed by atoms with Gasteiger partial charge < -0.3 is 19.9 Å². The first-order valence-electron chi connectivity index (χ1n) is 8.02. The third-order valence-electron chi connectivity index (χ3n) is 3.53. The molecular formula is C19H15ClN2O5S. The highest BCUT2D eigenvalue weighted by Crippen LogP contribution is 2.34. The zero-order valence-corrected chi connectivity index (χ0v) is 16.2. The van der Waals surface area contributed by atoms with E-state index in [1.165, 1.54) is 18.9 Å². The molecule has 9 heteroatoms. The summed E-state index contributed by atoms with van der Waals surface area (Å²) in [5.74, 6) is -0.418. The molecule has 0 unspecified atom stereocenters. The molecule has 0 radical (unpaired) electrons. The molecule has 0 aromatic heterocycles. The number of halogens is 1. The van der Waals surface area contributed by atoms with Gasteiger partial charge in [0.15, 0.2) is 11.8 Å². The molecule has 0 bridgehead atoms. The number of rotatable bonds is 6. The van der Waals surface area contributed by atoms with E-state index in [1.807, 2.05) is 0 Å². The number of aliphatic imine (C=N–C) groups is 1. The summed E-state index contributed by atoms with van der Waals surface area (Å²) in [5, 5.41) is 12.3. The summed E-state index contributed by atoms with van der Waals surface area (Å²) >= 11 is 7.18. The second kappa shape index (κ2) is 8.81. The molecule has 1 aliphatic heterocycles. The van der Waals surface area contributed by atoms with Gasteiger partial charge in [-0.3, -0.25) is 4.79 Å². The van der Waals surface area contributed by atoms with Crippen molar-refractivity contribution in [3.05, 3.63) is 58.0 Å². The summed E-state index contributed by atoms with van der Waals surface area (Å²) in [7, 11) is 1.53. The van der Waals surface area contributed by atoms with E-state index in [9.17, 15) is 9.59 Å². The number of amidine groups is 1. The number of carboxylic acid groups (broad SMARTS) is 1. The molecule has 0 saturated carbocycles. The van der Waals surface area contributed by atoms with Gasteiger partial charge in [-0.2, -0.15) is 0 Å². The van der Waals surface area contributed by atoms with E-state index in [1.54, 1.807) is 48.5 Å². The highest BCUT2D eigenvalue weighted by atomic mass is 35.5. The topological polar surface area (TPSA) is 97.2 Å². The molecule has 1 amide bonds. The Balaban J connectivity index is 1.80. The Morgan fingerprint density at radius 2 is 2.14 bits per heavy atom. The second-order valence-corrected chi connectivity index (χ2v) is 7.02. The number of carboxylic acids is 1. The van der Waals surface area contributed by atoms with Crippen LogP contribution in [0.2, 0.25) is 5.02 Å². The summed E-state index contributed by atoms with van der Waals surface area (Å²) in [4.78, 5) is 27.7. The standard InChI is InChI=1S/C19H15ClN2O5S/c1-26-15-6-5-12(20)9-14(15)21-19-22-18(25)16(28-19)8-11-3-2-4-13(7-11)27-10-17(23)24/h2-9H,10H2,1H3,(H,23,24)(H,21,22,25)/b16-8-. The van der Waals surface area contributed by atoms with E-state index in [4.69, 9.17) is 26.2 Å². The number of carbonyl (C=O) groups is 2. The molecule has 3 rings (SSSR count). The zero-order valence-electron chi connectivity index (χ0n) is 14.6. The van der Waals surface area contributed by atoms with Crippen LogP contribution < -0.4 is 14.8 Å². The van der Waals surface area contributed by atoms with Gasteiger partial charge in [0.1, 0.15) is 17.2 Å². The van der Waals surface area contributed by atoms with Crippen molar-refractivity contribution in [2.24, 2.45) is 4.99 Å². The van der Waals surface area contributed by atoms with Crippen molar-refractivity contribution in [3.8, 4) is 11.5 Å². The van der Waals surface area contributed by atoms with Gasteiger partial charge in [0.05, 0.1) is 12.0 Å². The molecule has 0 spiro atoms. The van der Waals surface area contributed by atoms with Crippen molar-refractivity contribution in [1.82, 2.24) is 5.32 Å². The zero-order chi connectivity index (χ0) is 20.1. The number of aliphatic carboxylic acids is 1. The fraction of sp³-hybridized carbons (Fsp3) is 0.105. The first-order chi connectivity index (χ1) is 13.4. The SMILES string of the molecule is COc1ccc(Cl)cc1N=C1NC(=O)/C(=C/c2cccc(OCC(=O)O)c2)S1. The summed E-state index contributed by atoms with van der Waals surface area (Å²) in [6.07, 6.45) is 1.67. The van der Waals surface area contributed by atoms with Crippen LogP contribution in [0.15, 0.2) is 52.4 Å². The Labute approximate surface area is 170 Å². The van der Waals surface area contributed by atoms with Gasteiger partial charge in [0.25, 0.3) is 5.91 Å². The van der Waals surface area contributed by atoms with Crippen molar-refractivity contribution in [3.63, 3.8) is 0 Å². The monoisotopic (exact) mass is 418 g/mol. The van der Waals surface area contributed by atoms with Crippen LogP contribution in [0.1, 0.15) is 5.56 Å². The minimum atomic E-state index is -1.06. The van der Waals surface area contributed by atoms with Gasteiger partial charge in [0, 0.05) is 5.02 Å². The number of ether oxygens (including phenoxy) is 2. The molecule has 2 aromatic carbocycles. The van der Waals surface area contributed by atoms with Crippen LogP contribution in [0, 0.1) is 0 Å². The van der Waals surface area contributed by atoms with E-state index in [0.717, 1.165) is 0 Å². The highest BCUT2D eigenvalue weighted by molar-refractivity contribution is 8.18. The van der Waals surface area contributed by atoms with E-state index < -0.39 is 12.6 Å². The van der Waals surface area contributed by atoms with Crippen molar-refractivity contribution in [2.45, 2.75) is 0 Å². The normalized spacial score (nSPS) is 16.3. The van der Waals surface area contributed by atoms with Crippen LogP contribution in [0.4, 0.5) is 5.69 Å². The Morgan fingerprint density at radius 1 is 1.32 bits per heavy atom. The van der Waals surface area contributed by atoms with Crippen LogP contribution in [0.5, 0.6) is 11.5 Å². The van der Waals surface area contributed by atoms with E-state index >= 15 is 0 Å². The molecule has 1 fully saturated rings. The molecule has 1 heterocycles. The lowest BCUT2D eigenvalue weighted by molar-refractivity contribution is -0.139. The van der Waals surface area contributed by atoms with Gasteiger partial charge >= 0.3 is 5.97 Å². The molecular weight excluding hydrogens is 404 g/mol. The Bertz CT molecular complexity index is 990. The smallest absolute Gasteiger partial charge is 0.341 e. The van der Waals surface area contributed by atoms with Crippen LogP contribution in [0.3, 0.4) is 0 Å². The number of methoxy groups -OCH3 is 1. The number of hydrogen-bond donors (Lipinski definition) is 2. The number of nitrogens with one attached hydrogen (secondary N) is 1. The Morgan fingerprint density at radius 3 is 2.89 bits per heavy atom. The lowest BCUT2D eigenvalue weighted by Crippen LogP contribution is -2.19. The van der Waals surface area contributed by atoms with Crippen molar-refractivity contribution < 1.29 is 24.2 Å². The predicted octanol–water partition coefficient (Wildman–Crippen LogP) is 3.70. The van der Waals surface area contributed by atoms with E-state index in [2.05, 4.69) is 10.3 Å². The predicted molar refractivity (Wildman–Crippen MR) is 108 cm³/mol. The third-order valence-corrected chi connectivity index (χ3v) is 4.68. The van der Waals surface area contributed by atoms with E-state index in [0.29, 0.717) is 37.8 Å². The molecule has 144 valence electrons. The van der Waals surface area contributed by atoms with Gasteiger partial charge in [0.2, 0.25) is 0 Å². The van der Waals surface area contributed by atoms with Gasteiger partial charge in [-0.25, -0.2) is 9.79 Å². The minimum absolute atomic E-state index is 0.290. The number of hydrogen-bond acceptors (Lipinski definition) is 6. The van der Waals surface area contributed by atoms with Gasteiger partial charge in [-0.1, -0.05) is 23.7 Å². The van der Waals surface area contributed by atoms with Crippen LogP contribution >= 0.6 is 23.4 Å². The quantitative estimate of drug-likeness (QED) is 0.694. The summed E-state index contributed by atoms with van der Waals surface area (Å²) in [5.41, 5.74) is 1.20. The molecule has 7 nitrogen and oxygen atoms in total. The summed E-state index contributed by atoms with van der Waals surface area (Å²) in [6, 6.07) is 11.8. The maximum absolute atomic E-state index is 12.3.